The summed E-state index contributed by atoms with van der Waals surface area (Å²) in [5.74, 6) is -4.18. The van der Waals surface area contributed by atoms with Gasteiger partial charge in [-0.1, -0.05) is 6.92 Å². The summed E-state index contributed by atoms with van der Waals surface area (Å²) in [5.41, 5.74) is 0. The molecule has 2 atom stereocenters. The largest absolute Gasteiger partial charge is 0.481 e. The minimum atomic E-state index is -1.46. The van der Waals surface area contributed by atoms with Gasteiger partial charge in [0.25, 0.3) is 0 Å². The molecule has 0 aromatic carbocycles. The second kappa shape index (κ2) is 10.1. The summed E-state index contributed by atoms with van der Waals surface area (Å²) in [7, 11) is 0. The number of nitrogens with one attached hydrogen (secondary N) is 2. The molecule has 10 nitrogen and oxygen atoms in total. The van der Waals surface area contributed by atoms with Gasteiger partial charge in [0, 0.05) is 19.3 Å². The van der Waals surface area contributed by atoms with E-state index in [1.807, 2.05) is 5.32 Å². The fourth-order valence-corrected chi connectivity index (χ4v) is 1.62. The summed E-state index contributed by atoms with van der Waals surface area (Å²) in [6.07, 6.45) is -0.721. The first-order valence-electron chi connectivity index (χ1n) is 6.93. The first-order chi connectivity index (χ1) is 10.7. The Morgan fingerprint density at radius 3 is 1.61 bits per heavy atom. The number of carbonyl (C=O) groups is 5. The summed E-state index contributed by atoms with van der Waals surface area (Å²) in [6, 6.07) is -3.86. The molecule has 0 aromatic rings. The Hall–Kier alpha value is -2.65. The molecule has 0 saturated carbocycles. The third-order valence-electron chi connectivity index (χ3n) is 2.96. The van der Waals surface area contributed by atoms with Gasteiger partial charge in [-0.3, -0.25) is 9.59 Å². The Labute approximate surface area is 131 Å². The van der Waals surface area contributed by atoms with Crippen LogP contribution in [0.2, 0.25) is 0 Å². The standard InChI is InChI=1S/C13H20N2O8/c1-2-7(16)3-4-8(11(19)20)14-13(23)15-9(12(21)22)5-6-10(17)18/h8-9H,2-6H2,1H3,(H,17,18)(H,19,20)(H,21,22)(H2,14,15,23)/t8-,9-/m0/s1. The molecule has 5 N–H and O–H groups in total. The van der Waals surface area contributed by atoms with E-state index in [1.54, 1.807) is 6.92 Å². The lowest BCUT2D eigenvalue weighted by molar-refractivity contribution is -0.141. The molecule has 0 unspecified atom stereocenters. The van der Waals surface area contributed by atoms with E-state index >= 15 is 0 Å². The normalized spacial score (nSPS) is 12.7. The van der Waals surface area contributed by atoms with Crippen molar-refractivity contribution in [2.45, 2.75) is 51.1 Å². The first-order valence-corrected chi connectivity index (χ1v) is 6.93. The van der Waals surface area contributed by atoms with Crippen LogP contribution in [0, 0.1) is 0 Å². The van der Waals surface area contributed by atoms with Gasteiger partial charge in [-0.25, -0.2) is 14.4 Å². The second-order valence-corrected chi connectivity index (χ2v) is 4.76. The molecule has 0 aliphatic carbocycles. The van der Waals surface area contributed by atoms with Crippen molar-refractivity contribution in [2.24, 2.45) is 0 Å². The average molecular weight is 332 g/mol. The number of hydrogen-bond donors (Lipinski definition) is 5. The molecule has 0 bridgehead atoms. The minimum absolute atomic E-state index is 0.0326. The molecule has 0 aromatic heterocycles. The Kier molecular flexibility index (Phi) is 8.97. The molecular weight excluding hydrogens is 312 g/mol. The van der Waals surface area contributed by atoms with Gasteiger partial charge in [0.1, 0.15) is 17.9 Å². The zero-order valence-electron chi connectivity index (χ0n) is 12.6. The van der Waals surface area contributed by atoms with E-state index in [2.05, 4.69) is 5.32 Å². The zero-order chi connectivity index (χ0) is 18.0. The molecule has 10 heteroatoms. The maximum atomic E-state index is 11.7. The van der Waals surface area contributed by atoms with Crippen LogP contribution in [-0.2, 0) is 19.2 Å². The molecular formula is C13H20N2O8. The minimum Gasteiger partial charge on any atom is -0.481 e. The van der Waals surface area contributed by atoms with Crippen molar-refractivity contribution >= 4 is 29.7 Å². The van der Waals surface area contributed by atoms with Crippen LogP contribution in [-0.4, -0.2) is 57.1 Å². The average Bonchev–Trinajstić information content (AvgIpc) is 2.46. The van der Waals surface area contributed by atoms with Crippen LogP contribution in [0.25, 0.3) is 0 Å². The highest BCUT2D eigenvalue weighted by Crippen LogP contribution is 2.02. The molecule has 0 saturated heterocycles. The highest BCUT2D eigenvalue weighted by molar-refractivity contribution is 5.86. The lowest BCUT2D eigenvalue weighted by atomic mass is 10.1. The van der Waals surface area contributed by atoms with E-state index in [9.17, 15) is 24.0 Å². The highest BCUT2D eigenvalue weighted by atomic mass is 16.4. The van der Waals surface area contributed by atoms with Gasteiger partial charge in [-0.05, 0) is 12.8 Å². The topological polar surface area (TPSA) is 170 Å². The van der Waals surface area contributed by atoms with Crippen molar-refractivity contribution in [2.75, 3.05) is 0 Å². The monoisotopic (exact) mass is 332 g/mol. The van der Waals surface area contributed by atoms with Crippen molar-refractivity contribution in [1.82, 2.24) is 10.6 Å². The summed E-state index contributed by atoms with van der Waals surface area (Å²) in [5, 5.41) is 30.4. The lowest BCUT2D eigenvalue weighted by Crippen LogP contribution is -2.51. The Morgan fingerprint density at radius 1 is 0.826 bits per heavy atom. The van der Waals surface area contributed by atoms with Gasteiger partial charge < -0.3 is 26.0 Å². The van der Waals surface area contributed by atoms with E-state index in [1.165, 1.54) is 0 Å². The third-order valence-corrected chi connectivity index (χ3v) is 2.96. The number of aliphatic carboxylic acids is 3. The van der Waals surface area contributed by atoms with E-state index in [4.69, 9.17) is 15.3 Å². The third kappa shape index (κ3) is 9.06. The number of urea groups is 1. The quantitative estimate of drug-likeness (QED) is 0.346. The second-order valence-electron chi connectivity index (χ2n) is 4.76. The maximum absolute atomic E-state index is 11.7. The van der Waals surface area contributed by atoms with Crippen LogP contribution in [0.3, 0.4) is 0 Å². The van der Waals surface area contributed by atoms with Crippen LogP contribution in [0.4, 0.5) is 4.79 Å². The first kappa shape index (κ1) is 20.3. The summed E-state index contributed by atoms with van der Waals surface area (Å²) < 4.78 is 0. The molecule has 0 radical (unpaired) electrons. The van der Waals surface area contributed by atoms with Gasteiger partial charge in [0.15, 0.2) is 0 Å². The molecule has 130 valence electrons. The van der Waals surface area contributed by atoms with Crippen LogP contribution in [0.15, 0.2) is 0 Å². The summed E-state index contributed by atoms with van der Waals surface area (Å²) in [6.45, 7) is 1.62. The number of carboxylic acids is 3. The molecule has 0 aliphatic rings. The van der Waals surface area contributed by atoms with Crippen molar-refractivity contribution in [1.29, 1.82) is 0 Å². The number of Topliss-reactive ketones (excluding diaryl/α,β-unsaturated/α-hetero) is 1. The van der Waals surface area contributed by atoms with Crippen LogP contribution >= 0.6 is 0 Å². The van der Waals surface area contributed by atoms with Gasteiger partial charge >= 0.3 is 23.9 Å². The number of carboxylic acid groups (broad SMARTS) is 3. The molecule has 0 rings (SSSR count). The zero-order valence-corrected chi connectivity index (χ0v) is 12.6. The fourth-order valence-electron chi connectivity index (χ4n) is 1.62. The number of carbonyl (C=O) groups excluding carboxylic acids is 2. The maximum Gasteiger partial charge on any atom is 0.326 e. The number of rotatable bonds is 11. The molecule has 0 aliphatic heterocycles. The Morgan fingerprint density at radius 2 is 1.26 bits per heavy atom. The number of hydrogen-bond acceptors (Lipinski definition) is 5. The van der Waals surface area contributed by atoms with Crippen LogP contribution in [0.5, 0.6) is 0 Å². The van der Waals surface area contributed by atoms with Gasteiger partial charge in [-0.2, -0.15) is 0 Å². The van der Waals surface area contributed by atoms with E-state index in [0.717, 1.165) is 0 Å². The van der Waals surface area contributed by atoms with Gasteiger partial charge in [0.05, 0.1) is 0 Å². The highest BCUT2D eigenvalue weighted by Gasteiger charge is 2.25. The van der Waals surface area contributed by atoms with E-state index in [0.29, 0.717) is 0 Å². The molecule has 0 heterocycles. The van der Waals surface area contributed by atoms with Crippen molar-refractivity contribution < 1.29 is 39.3 Å². The molecule has 2 amide bonds. The lowest BCUT2D eigenvalue weighted by Gasteiger charge is -2.18. The predicted octanol–water partition coefficient (Wildman–Crippen LogP) is -0.184. The predicted molar refractivity (Wildman–Crippen MR) is 75.9 cm³/mol. The van der Waals surface area contributed by atoms with Crippen molar-refractivity contribution in [3.8, 4) is 0 Å². The number of amides is 2. The van der Waals surface area contributed by atoms with E-state index < -0.39 is 42.4 Å². The van der Waals surface area contributed by atoms with E-state index in [-0.39, 0.29) is 31.5 Å². The Balaban J connectivity index is 4.59. The van der Waals surface area contributed by atoms with Crippen molar-refractivity contribution in [3.05, 3.63) is 0 Å². The number of ketones is 1. The molecule has 23 heavy (non-hydrogen) atoms. The summed E-state index contributed by atoms with van der Waals surface area (Å²) in [4.78, 5) is 55.2. The fraction of sp³-hybridized carbons (Fsp3) is 0.615. The molecule has 0 spiro atoms. The van der Waals surface area contributed by atoms with Crippen molar-refractivity contribution in [3.63, 3.8) is 0 Å². The van der Waals surface area contributed by atoms with Crippen LogP contribution in [0.1, 0.15) is 39.0 Å². The Bertz CT molecular complexity index is 477. The van der Waals surface area contributed by atoms with Gasteiger partial charge in [0.2, 0.25) is 0 Å². The van der Waals surface area contributed by atoms with Gasteiger partial charge in [-0.15, -0.1) is 0 Å². The molecule has 0 fully saturated rings. The summed E-state index contributed by atoms with van der Waals surface area (Å²) >= 11 is 0. The SMILES string of the molecule is CCC(=O)CC[C@H](NC(=O)N[C@@H](CCC(=O)O)C(=O)O)C(=O)O. The van der Waals surface area contributed by atoms with Crippen LogP contribution < -0.4 is 10.6 Å². The smallest absolute Gasteiger partial charge is 0.326 e.